The Hall–Kier alpha value is -2.54. The Morgan fingerprint density at radius 3 is 2.58 bits per heavy atom. The summed E-state index contributed by atoms with van der Waals surface area (Å²) >= 11 is 5.10. The monoisotopic (exact) mass is 349 g/mol. The van der Waals surface area contributed by atoms with E-state index in [1.807, 2.05) is 6.20 Å². The third-order valence-electron chi connectivity index (χ3n) is 3.59. The van der Waals surface area contributed by atoms with Crippen molar-refractivity contribution in [3.05, 3.63) is 65.6 Å². The SMILES string of the molecule is Fc1ccc(NC(=S)NCCc2c[nH]c3cc(F)ccc23)c(F)c1. The number of halogens is 3. The first-order valence-corrected chi connectivity index (χ1v) is 7.69. The lowest BCUT2D eigenvalue weighted by Gasteiger charge is -2.11. The van der Waals surface area contributed by atoms with E-state index in [4.69, 9.17) is 12.2 Å². The second-order valence-corrected chi connectivity index (χ2v) is 5.67. The fraction of sp³-hybridized carbons (Fsp3) is 0.118. The van der Waals surface area contributed by atoms with E-state index in [1.165, 1.54) is 18.2 Å². The molecule has 0 radical (unpaired) electrons. The maximum absolute atomic E-state index is 13.5. The lowest BCUT2D eigenvalue weighted by molar-refractivity contribution is 0.586. The van der Waals surface area contributed by atoms with E-state index >= 15 is 0 Å². The van der Waals surface area contributed by atoms with Gasteiger partial charge in [-0.1, -0.05) is 0 Å². The van der Waals surface area contributed by atoms with Crippen molar-refractivity contribution < 1.29 is 13.2 Å². The van der Waals surface area contributed by atoms with Crippen LogP contribution in [0, 0.1) is 17.5 Å². The van der Waals surface area contributed by atoms with Gasteiger partial charge in [0.05, 0.1) is 5.69 Å². The van der Waals surface area contributed by atoms with Crippen LogP contribution in [-0.2, 0) is 6.42 Å². The molecule has 0 saturated heterocycles. The zero-order chi connectivity index (χ0) is 17.1. The number of nitrogens with one attached hydrogen (secondary N) is 3. The van der Waals surface area contributed by atoms with Crippen molar-refractivity contribution in [2.45, 2.75) is 6.42 Å². The molecule has 0 spiro atoms. The van der Waals surface area contributed by atoms with Gasteiger partial charge >= 0.3 is 0 Å². The summed E-state index contributed by atoms with van der Waals surface area (Å²) in [6, 6.07) is 7.80. The number of aromatic amines is 1. The average Bonchev–Trinajstić information content (AvgIpc) is 2.92. The molecule has 3 rings (SSSR count). The molecule has 3 nitrogen and oxygen atoms in total. The number of anilines is 1. The summed E-state index contributed by atoms with van der Waals surface area (Å²) in [6.45, 7) is 0.513. The first-order valence-electron chi connectivity index (χ1n) is 7.28. The van der Waals surface area contributed by atoms with Gasteiger partial charge in [-0.15, -0.1) is 0 Å². The summed E-state index contributed by atoms with van der Waals surface area (Å²) in [5.41, 5.74) is 1.86. The molecule has 0 atom stereocenters. The van der Waals surface area contributed by atoms with Gasteiger partial charge in [-0.2, -0.15) is 0 Å². The summed E-state index contributed by atoms with van der Waals surface area (Å²) in [5.74, 6) is -1.65. The maximum atomic E-state index is 13.5. The smallest absolute Gasteiger partial charge is 0.170 e. The molecule has 1 aromatic heterocycles. The normalized spacial score (nSPS) is 10.8. The van der Waals surface area contributed by atoms with Crippen LogP contribution in [-0.4, -0.2) is 16.6 Å². The largest absolute Gasteiger partial charge is 0.362 e. The van der Waals surface area contributed by atoms with Crippen molar-refractivity contribution >= 4 is 33.9 Å². The Balaban J connectivity index is 1.56. The van der Waals surface area contributed by atoms with Crippen molar-refractivity contribution in [1.82, 2.24) is 10.3 Å². The van der Waals surface area contributed by atoms with Gasteiger partial charge in [-0.05, 0) is 54.5 Å². The third kappa shape index (κ3) is 3.68. The minimum Gasteiger partial charge on any atom is -0.362 e. The quantitative estimate of drug-likeness (QED) is 0.621. The number of hydrogen-bond acceptors (Lipinski definition) is 1. The van der Waals surface area contributed by atoms with Gasteiger partial charge in [-0.3, -0.25) is 0 Å². The fourth-order valence-corrected chi connectivity index (χ4v) is 2.65. The van der Waals surface area contributed by atoms with Gasteiger partial charge in [0.15, 0.2) is 5.11 Å². The zero-order valence-corrected chi connectivity index (χ0v) is 13.3. The van der Waals surface area contributed by atoms with Gasteiger partial charge in [0, 0.05) is 29.7 Å². The lowest BCUT2D eigenvalue weighted by Crippen LogP contribution is -2.30. The standard InChI is InChI=1S/C17H14F3N3S/c18-11-2-4-15(14(20)7-11)23-17(24)21-6-5-10-9-22-16-8-12(19)1-3-13(10)16/h1-4,7-9,22H,5-6H2,(H2,21,23,24). The summed E-state index contributed by atoms with van der Waals surface area (Å²) in [6.07, 6.45) is 2.47. The van der Waals surface area contributed by atoms with Crippen LogP contribution in [0.3, 0.4) is 0 Å². The lowest BCUT2D eigenvalue weighted by atomic mass is 10.1. The molecule has 0 aliphatic heterocycles. The Bertz CT molecular complexity index is 892. The van der Waals surface area contributed by atoms with E-state index in [1.54, 1.807) is 6.07 Å². The van der Waals surface area contributed by atoms with Crippen molar-refractivity contribution in [3.63, 3.8) is 0 Å². The molecule has 0 unspecified atom stereocenters. The number of rotatable bonds is 4. The second kappa shape index (κ2) is 6.92. The number of aromatic nitrogens is 1. The van der Waals surface area contributed by atoms with Crippen molar-refractivity contribution in [3.8, 4) is 0 Å². The maximum Gasteiger partial charge on any atom is 0.170 e. The predicted octanol–water partition coefficient (Wildman–Crippen LogP) is 4.11. The molecule has 0 aliphatic rings. The zero-order valence-electron chi connectivity index (χ0n) is 12.5. The van der Waals surface area contributed by atoms with Crippen molar-refractivity contribution in [2.75, 3.05) is 11.9 Å². The minimum absolute atomic E-state index is 0.108. The highest BCUT2D eigenvalue weighted by atomic mass is 32.1. The van der Waals surface area contributed by atoms with Crippen molar-refractivity contribution in [1.29, 1.82) is 0 Å². The Morgan fingerprint density at radius 2 is 1.79 bits per heavy atom. The highest BCUT2D eigenvalue weighted by molar-refractivity contribution is 7.80. The topological polar surface area (TPSA) is 39.8 Å². The number of hydrogen-bond donors (Lipinski definition) is 3. The summed E-state index contributed by atoms with van der Waals surface area (Å²) < 4.78 is 39.5. The van der Waals surface area contributed by atoms with E-state index in [-0.39, 0.29) is 16.6 Å². The third-order valence-corrected chi connectivity index (χ3v) is 3.84. The number of thiocarbonyl (C=S) groups is 1. The van der Waals surface area contributed by atoms with Gasteiger partial charge in [0.2, 0.25) is 0 Å². The summed E-state index contributed by atoms with van der Waals surface area (Å²) in [5, 5.41) is 6.83. The first-order chi connectivity index (χ1) is 11.5. The second-order valence-electron chi connectivity index (χ2n) is 5.26. The van der Waals surface area contributed by atoms with Crippen molar-refractivity contribution in [2.24, 2.45) is 0 Å². The van der Waals surface area contributed by atoms with E-state index < -0.39 is 11.6 Å². The molecule has 0 bridgehead atoms. The first kappa shape index (κ1) is 16.3. The molecule has 0 aliphatic carbocycles. The molecule has 124 valence electrons. The van der Waals surface area contributed by atoms with E-state index in [2.05, 4.69) is 15.6 Å². The van der Waals surface area contributed by atoms with E-state index in [0.29, 0.717) is 13.0 Å². The highest BCUT2D eigenvalue weighted by Crippen LogP contribution is 2.19. The van der Waals surface area contributed by atoms with Crippen LogP contribution in [0.25, 0.3) is 10.9 Å². The molecule has 2 aromatic carbocycles. The van der Waals surface area contributed by atoms with Crippen LogP contribution in [0.2, 0.25) is 0 Å². The summed E-state index contributed by atoms with van der Waals surface area (Å²) in [4.78, 5) is 3.02. The molecular formula is C17H14F3N3S. The number of benzene rings is 2. The van der Waals surface area contributed by atoms with Crippen LogP contribution < -0.4 is 10.6 Å². The molecule has 3 aromatic rings. The van der Waals surface area contributed by atoms with Gasteiger partial charge in [-0.25, -0.2) is 13.2 Å². The van der Waals surface area contributed by atoms with Crippen LogP contribution in [0.5, 0.6) is 0 Å². The fourth-order valence-electron chi connectivity index (χ4n) is 2.43. The number of H-pyrrole nitrogens is 1. The van der Waals surface area contributed by atoms with Crippen LogP contribution in [0.15, 0.2) is 42.6 Å². The van der Waals surface area contributed by atoms with Crippen LogP contribution in [0.1, 0.15) is 5.56 Å². The molecule has 0 saturated carbocycles. The molecule has 3 N–H and O–H groups in total. The molecule has 7 heteroatoms. The molecular weight excluding hydrogens is 335 g/mol. The Morgan fingerprint density at radius 1 is 1.04 bits per heavy atom. The molecule has 24 heavy (non-hydrogen) atoms. The minimum atomic E-state index is -0.710. The van der Waals surface area contributed by atoms with Gasteiger partial charge in [0.1, 0.15) is 17.5 Å². The molecule has 1 heterocycles. The molecule has 0 amide bonds. The predicted molar refractivity (Wildman–Crippen MR) is 92.5 cm³/mol. The molecule has 0 fully saturated rings. The van der Waals surface area contributed by atoms with Crippen LogP contribution in [0.4, 0.5) is 18.9 Å². The Labute approximate surface area is 141 Å². The van der Waals surface area contributed by atoms with E-state index in [0.717, 1.165) is 28.6 Å². The summed E-state index contributed by atoms with van der Waals surface area (Å²) in [7, 11) is 0. The van der Waals surface area contributed by atoms with E-state index in [9.17, 15) is 13.2 Å². The van der Waals surface area contributed by atoms with Gasteiger partial charge < -0.3 is 15.6 Å². The number of fused-ring (bicyclic) bond motifs is 1. The Kier molecular flexibility index (Phi) is 4.71. The highest BCUT2D eigenvalue weighted by Gasteiger charge is 2.07. The van der Waals surface area contributed by atoms with Crippen LogP contribution >= 0.6 is 12.2 Å². The average molecular weight is 349 g/mol. The van der Waals surface area contributed by atoms with Gasteiger partial charge in [0.25, 0.3) is 0 Å².